The second kappa shape index (κ2) is 2.89. The summed E-state index contributed by atoms with van der Waals surface area (Å²) in [6, 6.07) is 0. The van der Waals surface area contributed by atoms with Crippen LogP contribution < -0.4 is 5.32 Å². The number of ether oxygens (including phenoxy) is 1. The first-order valence-corrected chi connectivity index (χ1v) is 3.61. The zero-order chi connectivity index (χ0) is 8.41. The van der Waals surface area contributed by atoms with Crippen LogP contribution in [0, 0.1) is 0 Å². The maximum Gasteiger partial charge on any atom is 0.0797 e. The molecule has 0 atom stereocenters. The number of methoxy groups -OCH3 is 1. The van der Waals surface area contributed by atoms with E-state index in [1.807, 2.05) is 7.05 Å². The molecule has 0 radical (unpaired) electrons. The Balaban J connectivity index is 4.28. The van der Waals surface area contributed by atoms with Gasteiger partial charge >= 0.3 is 0 Å². The van der Waals surface area contributed by atoms with Gasteiger partial charge in [0.1, 0.15) is 0 Å². The molecule has 0 amide bonds. The Morgan fingerprint density at radius 1 is 1.10 bits per heavy atom. The zero-order valence-electron chi connectivity index (χ0n) is 7.91. The molecule has 0 saturated carbocycles. The molecule has 0 aliphatic rings. The summed E-state index contributed by atoms with van der Waals surface area (Å²) in [5.74, 6) is 0. The fraction of sp³-hybridized carbons (Fsp3) is 1.00. The van der Waals surface area contributed by atoms with Gasteiger partial charge in [0.05, 0.1) is 5.60 Å². The first-order valence-electron chi connectivity index (χ1n) is 3.61. The van der Waals surface area contributed by atoms with E-state index in [1.54, 1.807) is 7.11 Å². The summed E-state index contributed by atoms with van der Waals surface area (Å²) >= 11 is 0. The number of hydrogen-bond donors (Lipinski definition) is 1. The van der Waals surface area contributed by atoms with Gasteiger partial charge in [-0.25, -0.2) is 0 Å². The largest absolute Gasteiger partial charge is 0.377 e. The summed E-state index contributed by atoms with van der Waals surface area (Å²) in [7, 11) is 3.68. The van der Waals surface area contributed by atoms with Gasteiger partial charge in [-0.15, -0.1) is 0 Å². The van der Waals surface area contributed by atoms with E-state index in [0.717, 1.165) is 0 Å². The van der Waals surface area contributed by atoms with Crippen molar-refractivity contribution in [2.24, 2.45) is 0 Å². The summed E-state index contributed by atoms with van der Waals surface area (Å²) < 4.78 is 5.33. The van der Waals surface area contributed by atoms with Gasteiger partial charge in [0, 0.05) is 12.6 Å². The molecule has 10 heavy (non-hydrogen) atoms. The molecular formula is C8H19NO. The minimum absolute atomic E-state index is 0.0156. The summed E-state index contributed by atoms with van der Waals surface area (Å²) in [5.41, 5.74) is -0.108. The lowest BCUT2D eigenvalue weighted by Gasteiger charge is -2.40. The average molecular weight is 145 g/mol. The quantitative estimate of drug-likeness (QED) is 0.648. The lowest BCUT2D eigenvalue weighted by molar-refractivity contribution is -0.0417. The Bertz CT molecular complexity index is 93.8. The van der Waals surface area contributed by atoms with Crippen molar-refractivity contribution in [2.75, 3.05) is 14.2 Å². The van der Waals surface area contributed by atoms with E-state index in [-0.39, 0.29) is 11.1 Å². The highest BCUT2D eigenvalue weighted by molar-refractivity contribution is 4.93. The summed E-state index contributed by atoms with van der Waals surface area (Å²) in [6.45, 7) is 8.39. The number of rotatable bonds is 3. The monoisotopic (exact) mass is 145 g/mol. The second-order valence-electron chi connectivity index (χ2n) is 3.59. The van der Waals surface area contributed by atoms with Crippen LogP contribution in [-0.4, -0.2) is 25.3 Å². The van der Waals surface area contributed by atoms with Crippen LogP contribution in [0.3, 0.4) is 0 Å². The van der Waals surface area contributed by atoms with E-state index in [0.29, 0.717) is 0 Å². The predicted molar refractivity (Wildman–Crippen MR) is 44.2 cm³/mol. The number of hydrogen-bond acceptors (Lipinski definition) is 2. The molecule has 0 aromatic rings. The minimum atomic E-state index is -0.123. The third kappa shape index (κ3) is 1.70. The lowest BCUT2D eigenvalue weighted by atomic mass is 9.86. The van der Waals surface area contributed by atoms with E-state index in [9.17, 15) is 0 Å². The maximum atomic E-state index is 5.33. The Morgan fingerprint density at radius 3 is 1.60 bits per heavy atom. The van der Waals surface area contributed by atoms with E-state index < -0.39 is 0 Å². The van der Waals surface area contributed by atoms with Crippen molar-refractivity contribution >= 4 is 0 Å². The number of likely N-dealkylation sites (N-methyl/N-ethyl adjacent to an activating group) is 1. The van der Waals surface area contributed by atoms with Gasteiger partial charge in [-0.2, -0.15) is 0 Å². The Morgan fingerprint density at radius 2 is 1.50 bits per heavy atom. The van der Waals surface area contributed by atoms with E-state index in [2.05, 4.69) is 33.0 Å². The van der Waals surface area contributed by atoms with Crippen LogP contribution in [0.4, 0.5) is 0 Å². The second-order valence-corrected chi connectivity index (χ2v) is 3.59. The first-order chi connectivity index (χ1) is 4.37. The highest BCUT2D eigenvalue weighted by Crippen LogP contribution is 2.23. The van der Waals surface area contributed by atoms with Gasteiger partial charge in [0.25, 0.3) is 0 Å². The molecule has 2 heteroatoms. The molecule has 62 valence electrons. The molecule has 1 N–H and O–H groups in total. The van der Waals surface area contributed by atoms with Gasteiger partial charge in [0.15, 0.2) is 0 Å². The summed E-state index contributed by atoms with van der Waals surface area (Å²) in [4.78, 5) is 0. The highest BCUT2D eigenvalue weighted by Gasteiger charge is 2.35. The standard InChI is InChI=1S/C8H19NO/c1-7(2,9-5)8(3,4)10-6/h9H,1-6H3. The molecule has 0 fully saturated rings. The van der Waals surface area contributed by atoms with Crippen molar-refractivity contribution in [3.8, 4) is 0 Å². The van der Waals surface area contributed by atoms with Gasteiger partial charge < -0.3 is 10.1 Å². The summed E-state index contributed by atoms with van der Waals surface area (Å²) in [6.07, 6.45) is 0. The molecule has 0 rings (SSSR count). The van der Waals surface area contributed by atoms with Crippen LogP contribution in [0.1, 0.15) is 27.7 Å². The van der Waals surface area contributed by atoms with Crippen LogP contribution in [0.2, 0.25) is 0 Å². The van der Waals surface area contributed by atoms with Crippen molar-refractivity contribution in [1.29, 1.82) is 0 Å². The molecule has 0 bridgehead atoms. The van der Waals surface area contributed by atoms with Gasteiger partial charge in [-0.05, 0) is 34.7 Å². The topological polar surface area (TPSA) is 21.3 Å². The fourth-order valence-corrected chi connectivity index (χ4v) is 0.556. The van der Waals surface area contributed by atoms with E-state index in [4.69, 9.17) is 4.74 Å². The predicted octanol–water partition coefficient (Wildman–Crippen LogP) is 1.41. The molecule has 2 nitrogen and oxygen atoms in total. The van der Waals surface area contributed by atoms with Gasteiger partial charge in [-0.1, -0.05) is 0 Å². The molecule has 0 aliphatic carbocycles. The van der Waals surface area contributed by atoms with Crippen LogP contribution in [0.25, 0.3) is 0 Å². The van der Waals surface area contributed by atoms with Crippen molar-refractivity contribution in [3.63, 3.8) is 0 Å². The minimum Gasteiger partial charge on any atom is -0.377 e. The molecule has 0 unspecified atom stereocenters. The lowest BCUT2D eigenvalue weighted by Crippen LogP contribution is -2.55. The zero-order valence-corrected chi connectivity index (χ0v) is 7.91. The molecular weight excluding hydrogens is 126 g/mol. The first kappa shape index (κ1) is 9.92. The van der Waals surface area contributed by atoms with Crippen molar-refractivity contribution in [1.82, 2.24) is 5.32 Å². The molecule has 0 saturated heterocycles. The van der Waals surface area contributed by atoms with Crippen LogP contribution in [-0.2, 0) is 4.74 Å². The van der Waals surface area contributed by atoms with Crippen LogP contribution >= 0.6 is 0 Å². The Hall–Kier alpha value is -0.0800. The van der Waals surface area contributed by atoms with Crippen LogP contribution in [0.5, 0.6) is 0 Å². The van der Waals surface area contributed by atoms with Gasteiger partial charge in [-0.3, -0.25) is 0 Å². The van der Waals surface area contributed by atoms with Crippen molar-refractivity contribution in [3.05, 3.63) is 0 Å². The molecule has 0 spiro atoms. The fourth-order valence-electron chi connectivity index (χ4n) is 0.556. The van der Waals surface area contributed by atoms with Crippen LogP contribution in [0.15, 0.2) is 0 Å². The SMILES string of the molecule is CNC(C)(C)C(C)(C)OC. The highest BCUT2D eigenvalue weighted by atomic mass is 16.5. The number of nitrogens with one attached hydrogen (secondary N) is 1. The molecule has 0 heterocycles. The molecule has 0 aliphatic heterocycles. The van der Waals surface area contributed by atoms with Gasteiger partial charge in [0.2, 0.25) is 0 Å². The molecule has 0 aromatic heterocycles. The molecule has 0 aromatic carbocycles. The normalized spacial score (nSPS) is 13.8. The van der Waals surface area contributed by atoms with Crippen molar-refractivity contribution < 1.29 is 4.74 Å². The Kier molecular flexibility index (Phi) is 2.86. The Labute approximate surface area is 64.0 Å². The third-order valence-corrected chi connectivity index (χ3v) is 2.64. The summed E-state index contributed by atoms with van der Waals surface area (Å²) in [5, 5.41) is 3.21. The van der Waals surface area contributed by atoms with E-state index in [1.165, 1.54) is 0 Å². The smallest absolute Gasteiger partial charge is 0.0797 e. The maximum absolute atomic E-state index is 5.33. The average Bonchev–Trinajstić information content (AvgIpc) is 1.88. The van der Waals surface area contributed by atoms with E-state index >= 15 is 0 Å². The third-order valence-electron chi connectivity index (χ3n) is 2.64. The van der Waals surface area contributed by atoms with Crippen molar-refractivity contribution in [2.45, 2.75) is 38.8 Å².